The number of aromatic amines is 1. The molecule has 0 radical (unpaired) electrons. The van der Waals surface area contributed by atoms with Crippen LogP contribution in [0.3, 0.4) is 0 Å². The Hall–Kier alpha value is -1.65. The van der Waals surface area contributed by atoms with Crippen LogP contribution in [0.2, 0.25) is 5.02 Å². The first kappa shape index (κ1) is 13.3. The molecule has 5 heteroatoms. The molecule has 0 aliphatic carbocycles. The van der Waals surface area contributed by atoms with Crippen LogP contribution in [0, 0.1) is 17.5 Å². The Morgan fingerprint density at radius 2 is 2.05 bits per heavy atom. The minimum Gasteiger partial charge on any atom is -0.331 e. The van der Waals surface area contributed by atoms with E-state index in [1.807, 2.05) is 35.8 Å². The topological polar surface area (TPSA) is 20.7 Å². The molecule has 20 heavy (non-hydrogen) atoms. The molecule has 1 heterocycles. The fourth-order valence-corrected chi connectivity index (χ4v) is 2.70. The van der Waals surface area contributed by atoms with Crippen LogP contribution in [0.15, 0.2) is 36.4 Å². The molecular weight excluding hydrogens is 295 g/mol. The second-order valence-corrected chi connectivity index (χ2v) is 5.52. The predicted molar refractivity (Wildman–Crippen MR) is 82.4 cm³/mol. The third kappa shape index (κ3) is 2.25. The van der Waals surface area contributed by atoms with Gasteiger partial charge in [-0.1, -0.05) is 35.9 Å². The van der Waals surface area contributed by atoms with Crippen molar-refractivity contribution in [2.75, 3.05) is 0 Å². The molecule has 0 spiro atoms. The van der Waals surface area contributed by atoms with E-state index in [1.165, 1.54) is 11.6 Å². The summed E-state index contributed by atoms with van der Waals surface area (Å²) in [5.41, 5.74) is 3.80. The third-order valence-corrected chi connectivity index (χ3v) is 4.02. The number of fused-ring (bicyclic) bond motifs is 1. The van der Waals surface area contributed by atoms with Gasteiger partial charge in [0.1, 0.15) is 5.82 Å². The summed E-state index contributed by atoms with van der Waals surface area (Å²) in [5, 5.41) is 0.0943. The second kappa shape index (κ2) is 5.04. The molecule has 0 amide bonds. The maximum absolute atomic E-state index is 13.7. The molecule has 0 aliphatic rings. The largest absolute Gasteiger partial charge is 0.331 e. The van der Waals surface area contributed by atoms with Crippen molar-refractivity contribution in [1.29, 1.82) is 0 Å². The molecular formula is C15H12ClFN2S. The highest BCUT2D eigenvalue weighted by Crippen LogP contribution is 2.23. The summed E-state index contributed by atoms with van der Waals surface area (Å²) < 4.78 is 16.1. The van der Waals surface area contributed by atoms with Crippen molar-refractivity contribution in [3.05, 3.63) is 63.1 Å². The highest BCUT2D eigenvalue weighted by Gasteiger charge is 2.10. The molecule has 1 aromatic heterocycles. The SMILES string of the molecule is Cc1ccccc1Cn1c(=S)[nH]c2cc(Cl)c(F)cc21. The van der Waals surface area contributed by atoms with Crippen molar-refractivity contribution in [3.63, 3.8) is 0 Å². The molecule has 0 bridgehead atoms. The lowest BCUT2D eigenvalue weighted by Crippen LogP contribution is -2.01. The van der Waals surface area contributed by atoms with Crippen LogP contribution in [-0.2, 0) is 6.54 Å². The number of benzene rings is 2. The fourth-order valence-electron chi connectivity index (χ4n) is 2.27. The number of rotatable bonds is 2. The number of aryl methyl sites for hydroxylation is 1. The number of nitrogens with one attached hydrogen (secondary N) is 1. The summed E-state index contributed by atoms with van der Waals surface area (Å²) in [4.78, 5) is 3.06. The number of hydrogen-bond acceptors (Lipinski definition) is 1. The van der Waals surface area contributed by atoms with Crippen molar-refractivity contribution in [1.82, 2.24) is 9.55 Å². The average molecular weight is 307 g/mol. The molecule has 0 aliphatic heterocycles. The molecule has 0 saturated heterocycles. The lowest BCUT2D eigenvalue weighted by molar-refractivity contribution is 0.629. The number of aromatic nitrogens is 2. The maximum Gasteiger partial charge on any atom is 0.178 e. The monoisotopic (exact) mass is 306 g/mol. The van der Waals surface area contributed by atoms with Crippen LogP contribution in [0.5, 0.6) is 0 Å². The van der Waals surface area contributed by atoms with Gasteiger partial charge in [0.25, 0.3) is 0 Å². The molecule has 0 saturated carbocycles. The lowest BCUT2D eigenvalue weighted by Gasteiger charge is -2.08. The quantitative estimate of drug-likeness (QED) is 0.671. The number of nitrogens with zero attached hydrogens (tertiary/aromatic N) is 1. The number of halogens is 2. The normalized spacial score (nSPS) is 11.2. The van der Waals surface area contributed by atoms with Gasteiger partial charge >= 0.3 is 0 Å². The Morgan fingerprint density at radius 3 is 2.80 bits per heavy atom. The highest BCUT2D eigenvalue weighted by molar-refractivity contribution is 7.71. The van der Waals surface area contributed by atoms with Crippen molar-refractivity contribution >= 4 is 34.9 Å². The Labute approximate surface area is 125 Å². The Kier molecular flexibility index (Phi) is 3.36. The first-order valence-corrected chi connectivity index (χ1v) is 6.97. The van der Waals surface area contributed by atoms with Crippen LogP contribution in [0.1, 0.15) is 11.1 Å². The fraction of sp³-hybridized carbons (Fsp3) is 0.133. The third-order valence-electron chi connectivity index (χ3n) is 3.41. The van der Waals surface area contributed by atoms with Crippen LogP contribution < -0.4 is 0 Å². The van der Waals surface area contributed by atoms with Gasteiger partial charge in [0, 0.05) is 6.07 Å². The summed E-state index contributed by atoms with van der Waals surface area (Å²) in [6, 6.07) is 11.1. The Balaban J connectivity index is 2.17. The summed E-state index contributed by atoms with van der Waals surface area (Å²) >= 11 is 11.1. The Morgan fingerprint density at radius 1 is 1.30 bits per heavy atom. The molecule has 0 unspecified atom stereocenters. The van der Waals surface area contributed by atoms with Gasteiger partial charge in [-0.05, 0) is 36.3 Å². The van der Waals surface area contributed by atoms with Crippen molar-refractivity contribution in [2.45, 2.75) is 13.5 Å². The zero-order chi connectivity index (χ0) is 14.3. The van der Waals surface area contributed by atoms with Crippen molar-refractivity contribution < 1.29 is 4.39 Å². The zero-order valence-corrected chi connectivity index (χ0v) is 12.4. The molecule has 0 atom stereocenters. The smallest absolute Gasteiger partial charge is 0.178 e. The van der Waals surface area contributed by atoms with Gasteiger partial charge in [-0.2, -0.15) is 0 Å². The van der Waals surface area contributed by atoms with Gasteiger partial charge in [-0.15, -0.1) is 0 Å². The zero-order valence-electron chi connectivity index (χ0n) is 10.8. The van der Waals surface area contributed by atoms with E-state index in [2.05, 4.69) is 4.98 Å². The summed E-state index contributed by atoms with van der Waals surface area (Å²) in [6.07, 6.45) is 0. The van der Waals surface area contributed by atoms with Crippen molar-refractivity contribution in [3.8, 4) is 0 Å². The number of hydrogen-bond donors (Lipinski definition) is 1. The van der Waals surface area contributed by atoms with E-state index < -0.39 is 5.82 Å². The maximum atomic E-state index is 13.7. The lowest BCUT2D eigenvalue weighted by atomic mass is 10.1. The average Bonchev–Trinajstić information content (AvgIpc) is 2.69. The van der Waals surface area contributed by atoms with E-state index in [0.717, 1.165) is 16.6 Å². The van der Waals surface area contributed by atoms with Gasteiger partial charge < -0.3 is 9.55 Å². The van der Waals surface area contributed by atoms with Gasteiger partial charge in [-0.25, -0.2) is 4.39 Å². The van der Waals surface area contributed by atoms with Crippen LogP contribution in [0.25, 0.3) is 11.0 Å². The predicted octanol–water partition coefficient (Wildman–Crippen LogP) is 4.85. The van der Waals surface area contributed by atoms with E-state index in [9.17, 15) is 4.39 Å². The van der Waals surface area contributed by atoms with E-state index >= 15 is 0 Å². The first-order valence-electron chi connectivity index (χ1n) is 6.18. The molecule has 0 fully saturated rings. The minimum absolute atomic E-state index is 0.0943. The summed E-state index contributed by atoms with van der Waals surface area (Å²) in [7, 11) is 0. The molecule has 2 nitrogen and oxygen atoms in total. The molecule has 102 valence electrons. The van der Waals surface area contributed by atoms with Gasteiger partial charge in [-0.3, -0.25) is 0 Å². The van der Waals surface area contributed by atoms with Gasteiger partial charge in [0.05, 0.1) is 22.6 Å². The van der Waals surface area contributed by atoms with Crippen molar-refractivity contribution in [2.24, 2.45) is 0 Å². The van der Waals surface area contributed by atoms with Crippen LogP contribution in [0.4, 0.5) is 4.39 Å². The van der Waals surface area contributed by atoms with Crippen LogP contribution in [-0.4, -0.2) is 9.55 Å². The Bertz CT molecular complexity index is 851. The van der Waals surface area contributed by atoms with Gasteiger partial charge in [0.2, 0.25) is 0 Å². The number of imidazole rings is 1. The van der Waals surface area contributed by atoms with E-state index in [0.29, 0.717) is 11.3 Å². The van der Waals surface area contributed by atoms with Gasteiger partial charge in [0.15, 0.2) is 4.77 Å². The number of H-pyrrole nitrogens is 1. The van der Waals surface area contributed by atoms with E-state index in [-0.39, 0.29) is 5.02 Å². The second-order valence-electron chi connectivity index (χ2n) is 4.73. The van der Waals surface area contributed by atoms with E-state index in [4.69, 9.17) is 23.8 Å². The summed E-state index contributed by atoms with van der Waals surface area (Å²) in [6.45, 7) is 2.65. The minimum atomic E-state index is -0.438. The molecule has 2 aromatic carbocycles. The summed E-state index contributed by atoms with van der Waals surface area (Å²) in [5.74, 6) is -0.438. The van der Waals surface area contributed by atoms with E-state index in [1.54, 1.807) is 6.07 Å². The molecule has 3 rings (SSSR count). The molecule has 3 aromatic rings. The molecule has 1 N–H and O–H groups in total. The highest BCUT2D eigenvalue weighted by atomic mass is 35.5. The van der Waals surface area contributed by atoms with Crippen LogP contribution >= 0.6 is 23.8 Å². The first-order chi connectivity index (χ1) is 9.56. The standard InChI is InChI=1S/C15H12ClFN2S/c1-9-4-2-3-5-10(9)8-19-14-7-12(17)11(16)6-13(14)18-15(19)20/h2-7H,8H2,1H3,(H,18,20).